The Morgan fingerprint density at radius 3 is 2.43 bits per heavy atom. The second kappa shape index (κ2) is 6.23. The van der Waals surface area contributed by atoms with Crippen LogP contribution in [0.25, 0.3) is 0 Å². The van der Waals surface area contributed by atoms with Crippen LogP contribution < -0.4 is 5.32 Å². The van der Waals surface area contributed by atoms with Gasteiger partial charge in [0.2, 0.25) is 0 Å². The lowest BCUT2D eigenvalue weighted by Crippen LogP contribution is -2.35. The molecule has 1 rings (SSSR count). The Morgan fingerprint density at radius 2 is 2.00 bits per heavy atom. The van der Waals surface area contributed by atoms with E-state index in [1.54, 1.807) is 0 Å². The van der Waals surface area contributed by atoms with Gasteiger partial charge < -0.3 is 5.32 Å². The minimum atomic E-state index is 0.672. The Morgan fingerprint density at radius 1 is 1.36 bits per heavy atom. The van der Waals surface area contributed by atoms with Gasteiger partial charge in [-0.1, -0.05) is 32.3 Å². The summed E-state index contributed by atoms with van der Waals surface area (Å²) in [7, 11) is 2.08. The zero-order chi connectivity index (χ0) is 10.4. The first kappa shape index (κ1) is 11.8. The Balaban J connectivity index is 2.34. The Hall–Kier alpha value is -0.300. The van der Waals surface area contributed by atoms with E-state index in [1.165, 1.54) is 32.1 Å². The van der Waals surface area contributed by atoms with Crippen LogP contribution in [-0.2, 0) is 0 Å². The van der Waals surface area contributed by atoms with Crippen LogP contribution in [0.15, 0.2) is 12.7 Å². The molecule has 0 aromatic rings. The third kappa shape index (κ3) is 3.13. The van der Waals surface area contributed by atoms with Crippen LogP contribution in [0.1, 0.15) is 45.4 Å². The molecule has 0 amide bonds. The molecule has 1 atom stereocenters. The lowest BCUT2D eigenvalue weighted by atomic mass is 9.77. The number of nitrogens with one attached hydrogen (secondary N) is 1. The molecule has 1 fully saturated rings. The van der Waals surface area contributed by atoms with Crippen molar-refractivity contribution in [3.05, 3.63) is 12.7 Å². The summed E-state index contributed by atoms with van der Waals surface area (Å²) in [5, 5.41) is 3.43. The molecule has 1 unspecified atom stereocenters. The molecule has 82 valence electrons. The third-order valence-electron chi connectivity index (χ3n) is 3.83. The maximum absolute atomic E-state index is 3.83. The van der Waals surface area contributed by atoms with Gasteiger partial charge >= 0.3 is 0 Å². The van der Waals surface area contributed by atoms with Gasteiger partial charge in [0, 0.05) is 6.04 Å². The first-order valence-corrected chi connectivity index (χ1v) is 6.10. The fraction of sp³-hybridized carbons (Fsp3) is 0.846. The van der Waals surface area contributed by atoms with Crippen molar-refractivity contribution in [1.82, 2.24) is 5.32 Å². The molecule has 0 aromatic heterocycles. The van der Waals surface area contributed by atoms with Gasteiger partial charge in [0.1, 0.15) is 0 Å². The maximum Gasteiger partial charge on any atom is 0.0127 e. The minimum absolute atomic E-state index is 0.672. The first-order valence-electron chi connectivity index (χ1n) is 6.10. The summed E-state index contributed by atoms with van der Waals surface area (Å²) in [4.78, 5) is 0. The second-order valence-electron chi connectivity index (χ2n) is 4.61. The Bertz CT molecular complexity index is 157. The molecule has 1 aliphatic rings. The van der Waals surface area contributed by atoms with Gasteiger partial charge in [-0.2, -0.15) is 0 Å². The van der Waals surface area contributed by atoms with Crippen molar-refractivity contribution in [1.29, 1.82) is 0 Å². The highest BCUT2D eigenvalue weighted by Crippen LogP contribution is 2.33. The minimum Gasteiger partial charge on any atom is -0.316 e. The van der Waals surface area contributed by atoms with Gasteiger partial charge in [0.05, 0.1) is 0 Å². The summed E-state index contributed by atoms with van der Waals surface area (Å²) in [5.74, 6) is 1.90. The number of hydrogen-bond donors (Lipinski definition) is 1. The smallest absolute Gasteiger partial charge is 0.0127 e. The van der Waals surface area contributed by atoms with Crippen molar-refractivity contribution in [3.8, 4) is 0 Å². The van der Waals surface area contributed by atoms with Crippen LogP contribution in [0.5, 0.6) is 0 Å². The second-order valence-corrected chi connectivity index (χ2v) is 4.61. The molecule has 0 aliphatic heterocycles. The van der Waals surface area contributed by atoms with Gasteiger partial charge in [-0.15, -0.1) is 6.58 Å². The lowest BCUT2D eigenvalue weighted by molar-refractivity contribution is 0.223. The van der Waals surface area contributed by atoms with Crippen LogP contribution in [0.2, 0.25) is 0 Å². The highest BCUT2D eigenvalue weighted by atomic mass is 14.9. The van der Waals surface area contributed by atoms with Crippen molar-refractivity contribution < 1.29 is 0 Å². The zero-order valence-corrected chi connectivity index (χ0v) is 9.76. The van der Waals surface area contributed by atoms with Gasteiger partial charge in [-0.05, 0) is 38.1 Å². The topological polar surface area (TPSA) is 12.0 Å². The van der Waals surface area contributed by atoms with E-state index in [0.29, 0.717) is 6.04 Å². The molecule has 0 spiro atoms. The summed E-state index contributed by atoms with van der Waals surface area (Å²) in [6.45, 7) is 6.16. The van der Waals surface area contributed by atoms with Crippen LogP contribution in [0.4, 0.5) is 0 Å². The highest BCUT2D eigenvalue weighted by Gasteiger charge is 2.24. The standard InChI is InChI=1S/C13H25N/c1-4-6-13(14-3)12-9-7-11(5-2)8-10-12/h4,11-14H,1,5-10H2,2-3H3. The first-order chi connectivity index (χ1) is 6.81. The fourth-order valence-corrected chi connectivity index (χ4v) is 2.72. The van der Waals surface area contributed by atoms with Crippen molar-refractivity contribution in [2.75, 3.05) is 7.05 Å². The summed E-state index contributed by atoms with van der Waals surface area (Å²) < 4.78 is 0. The van der Waals surface area contributed by atoms with Gasteiger partial charge in [0.25, 0.3) is 0 Å². The van der Waals surface area contributed by atoms with Crippen molar-refractivity contribution in [2.24, 2.45) is 11.8 Å². The van der Waals surface area contributed by atoms with Crippen LogP contribution in [0.3, 0.4) is 0 Å². The molecule has 1 aliphatic carbocycles. The summed E-state index contributed by atoms with van der Waals surface area (Å²) >= 11 is 0. The van der Waals surface area contributed by atoms with Crippen molar-refractivity contribution in [2.45, 2.75) is 51.5 Å². The lowest BCUT2D eigenvalue weighted by Gasteiger charge is -2.33. The molecule has 0 bridgehead atoms. The SMILES string of the molecule is C=CCC(NC)C1CCC(CC)CC1. The monoisotopic (exact) mass is 195 g/mol. The van der Waals surface area contributed by atoms with E-state index in [0.717, 1.165) is 18.3 Å². The van der Waals surface area contributed by atoms with Crippen LogP contribution >= 0.6 is 0 Å². The van der Waals surface area contributed by atoms with E-state index >= 15 is 0 Å². The molecule has 0 heterocycles. The molecule has 1 saturated carbocycles. The molecule has 14 heavy (non-hydrogen) atoms. The number of hydrogen-bond acceptors (Lipinski definition) is 1. The summed E-state index contributed by atoms with van der Waals surface area (Å²) in [6, 6.07) is 0.672. The Labute approximate surface area is 89.0 Å². The molecule has 1 N–H and O–H groups in total. The third-order valence-corrected chi connectivity index (χ3v) is 3.83. The van der Waals surface area contributed by atoms with Gasteiger partial charge in [0.15, 0.2) is 0 Å². The maximum atomic E-state index is 3.83. The van der Waals surface area contributed by atoms with E-state index in [1.807, 2.05) is 6.08 Å². The van der Waals surface area contributed by atoms with Crippen LogP contribution in [0, 0.1) is 11.8 Å². The quantitative estimate of drug-likeness (QED) is 0.663. The van der Waals surface area contributed by atoms with Gasteiger partial charge in [-0.25, -0.2) is 0 Å². The molecule has 0 radical (unpaired) electrons. The molecule has 0 aromatic carbocycles. The highest BCUT2D eigenvalue weighted by molar-refractivity contribution is 4.85. The van der Waals surface area contributed by atoms with E-state index in [4.69, 9.17) is 0 Å². The van der Waals surface area contributed by atoms with Gasteiger partial charge in [-0.3, -0.25) is 0 Å². The molecule has 1 heteroatoms. The Kier molecular flexibility index (Phi) is 5.24. The summed E-state index contributed by atoms with van der Waals surface area (Å²) in [5.41, 5.74) is 0. The van der Waals surface area contributed by atoms with E-state index < -0.39 is 0 Å². The molecular weight excluding hydrogens is 170 g/mol. The van der Waals surface area contributed by atoms with Crippen LogP contribution in [-0.4, -0.2) is 13.1 Å². The average molecular weight is 195 g/mol. The normalized spacial score (nSPS) is 29.9. The fourth-order valence-electron chi connectivity index (χ4n) is 2.72. The average Bonchev–Trinajstić information content (AvgIpc) is 2.26. The van der Waals surface area contributed by atoms with E-state index in [9.17, 15) is 0 Å². The molecule has 1 nitrogen and oxygen atoms in total. The number of rotatable bonds is 5. The molecule has 0 saturated heterocycles. The molecular formula is C13H25N. The van der Waals surface area contributed by atoms with Crippen molar-refractivity contribution in [3.63, 3.8) is 0 Å². The predicted molar refractivity (Wildman–Crippen MR) is 63.4 cm³/mol. The van der Waals surface area contributed by atoms with E-state index in [2.05, 4.69) is 25.9 Å². The van der Waals surface area contributed by atoms with Crippen molar-refractivity contribution >= 4 is 0 Å². The van der Waals surface area contributed by atoms with E-state index in [-0.39, 0.29) is 0 Å². The summed E-state index contributed by atoms with van der Waals surface area (Å²) in [6.07, 6.45) is 10.3. The zero-order valence-electron chi connectivity index (χ0n) is 9.76. The predicted octanol–water partition coefficient (Wildman–Crippen LogP) is 3.37. The largest absolute Gasteiger partial charge is 0.316 e.